The van der Waals surface area contributed by atoms with Crippen molar-refractivity contribution < 1.29 is 14.8 Å². The average molecular weight is 203 g/mol. The number of carbonyl (C=O) groups excluding carboxylic acids is 1. The quantitative estimate of drug-likeness (QED) is 0.513. The number of carbonyl (C=O) groups is 1. The molecule has 70 valence electrons. The molecule has 0 aliphatic heterocycles. The number of aromatic carboxylic acids is 1. The Morgan fingerprint density at radius 2 is 1.69 bits per heavy atom. The van der Waals surface area contributed by atoms with Gasteiger partial charge in [0, 0.05) is 12.1 Å². The van der Waals surface area contributed by atoms with Crippen molar-refractivity contribution in [2.75, 3.05) is 0 Å². The Morgan fingerprint density at radius 1 is 1.23 bits per heavy atom. The van der Waals surface area contributed by atoms with Crippen molar-refractivity contribution in [3.05, 3.63) is 39.9 Å². The van der Waals surface area contributed by atoms with E-state index in [-0.39, 0.29) is 23.7 Å². The zero-order chi connectivity index (χ0) is 9.14. The van der Waals surface area contributed by atoms with Crippen molar-refractivity contribution in [1.82, 2.24) is 0 Å². The molecule has 0 unspecified atom stereocenters. The lowest BCUT2D eigenvalue weighted by molar-refractivity contribution is -0.384. The van der Waals surface area contributed by atoms with E-state index in [2.05, 4.69) is 0 Å². The number of nitro groups is 1. The van der Waals surface area contributed by atoms with Crippen LogP contribution in [-0.2, 0) is 0 Å². The van der Waals surface area contributed by atoms with Gasteiger partial charge < -0.3 is 9.90 Å². The summed E-state index contributed by atoms with van der Waals surface area (Å²) in [6, 6.07) is 4.50. The third kappa shape index (κ3) is 2.72. The molecule has 1 aromatic rings. The summed E-state index contributed by atoms with van der Waals surface area (Å²) in [7, 11) is 0. The molecular formula is C7H5ClNO4-. The number of hydrogen-bond acceptors (Lipinski definition) is 4. The highest BCUT2D eigenvalue weighted by molar-refractivity contribution is 5.86. The first-order chi connectivity index (χ1) is 5.61. The van der Waals surface area contributed by atoms with E-state index in [9.17, 15) is 20.0 Å². The Hall–Kier alpha value is -1.62. The minimum absolute atomic E-state index is 0. The van der Waals surface area contributed by atoms with E-state index in [0.717, 1.165) is 24.3 Å². The van der Waals surface area contributed by atoms with Gasteiger partial charge in [0.05, 0.1) is 10.9 Å². The molecule has 0 bridgehead atoms. The molecule has 0 aliphatic carbocycles. The van der Waals surface area contributed by atoms with E-state index in [0.29, 0.717) is 0 Å². The maximum atomic E-state index is 10.2. The van der Waals surface area contributed by atoms with Crippen LogP contribution in [0.1, 0.15) is 10.4 Å². The third-order valence-electron chi connectivity index (χ3n) is 1.31. The van der Waals surface area contributed by atoms with Crippen LogP contribution < -0.4 is 5.11 Å². The minimum Gasteiger partial charge on any atom is -0.545 e. The number of non-ortho nitro benzene ring substituents is 1. The van der Waals surface area contributed by atoms with Gasteiger partial charge in [-0.2, -0.15) is 0 Å². The summed E-state index contributed by atoms with van der Waals surface area (Å²) in [6.07, 6.45) is 0. The first kappa shape index (κ1) is 11.4. The number of nitrogens with zero attached hydrogens (tertiary/aromatic N) is 1. The van der Waals surface area contributed by atoms with Gasteiger partial charge in [0.15, 0.2) is 0 Å². The molecule has 0 saturated heterocycles. The number of hydrogen-bond donors (Lipinski definition) is 0. The molecule has 0 amide bonds. The lowest BCUT2D eigenvalue weighted by atomic mass is 10.2. The van der Waals surface area contributed by atoms with Crippen molar-refractivity contribution in [3.8, 4) is 0 Å². The van der Waals surface area contributed by atoms with Gasteiger partial charge >= 0.3 is 0 Å². The van der Waals surface area contributed by atoms with Gasteiger partial charge in [0.1, 0.15) is 0 Å². The molecule has 1 aromatic carbocycles. The van der Waals surface area contributed by atoms with Crippen LogP contribution in [0.3, 0.4) is 0 Å². The molecule has 0 aliphatic rings. The molecule has 13 heavy (non-hydrogen) atoms. The van der Waals surface area contributed by atoms with Gasteiger partial charge in [-0.15, -0.1) is 12.4 Å². The highest BCUT2D eigenvalue weighted by atomic mass is 35.5. The Kier molecular flexibility index (Phi) is 3.87. The number of benzene rings is 1. The number of halogens is 1. The molecule has 5 nitrogen and oxygen atoms in total. The Morgan fingerprint density at radius 3 is 2.00 bits per heavy atom. The maximum absolute atomic E-state index is 10.2. The molecule has 1 rings (SSSR count). The van der Waals surface area contributed by atoms with Gasteiger partial charge in [0.2, 0.25) is 0 Å². The Bertz CT molecular complexity index is 289. The van der Waals surface area contributed by atoms with Crippen molar-refractivity contribution >= 4 is 24.1 Å². The van der Waals surface area contributed by atoms with Crippen LogP contribution in [0, 0.1) is 10.1 Å². The summed E-state index contributed by atoms with van der Waals surface area (Å²) >= 11 is 0. The predicted octanol–water partition coefficient (Wildman–Crippen LogP) is 0.380. The largest absolute Gasteiger partial charge is 0.545 e. The molecular weight excluding hydrogens is 198 g/mol. The topological polar surface area (TPSA) is 83.3 Å². The van der Waals surface area contributed by atoms with Gasteiger partial charge in [0.25, 0.3) is 5.69 Å². The van der Waals surface area contributed by atoms with Crippen LogP contribution in [0.2, 0.25) is 0 Å². The first-order valence-corrected chi connectivity index (χ1v) is 3.07. The highest BCUT2D eigenvalue weighted by Gasteiger charge is 2.03. The fourth-order valence-corrected chi connectivity index (χ4v) is 0.719. The van der Waals surface area contributed by atoms with Crippen LogP contribution in [0.4, 0.5) is 5.69 Å². The molecule has 0 saturated carbocycles. The predicted molar refractivity (Wildman–Crippen MR) is 44.7 cm³/mol. The second-order valence-electron chi connectivity index (χ2n) is 2.09. The summed E-state index contributed by atoms with van der Waals surface area (Å²) in [6.45, 7) is 0. The van der Waals surface area contributed by atoms with Crippen LogP contribution in [0.5, 0.6) is 0 Å². The second-order valence-corrected chi connectivity index (χ2v) is 2.09. The molecule has 0 radical (unpaired) electrons. The molecule has 0 fully saturated rings. The lowest BCUT2D eigenvalue weighted by Crippen LogP contribution is -2.21. The molecule has 0 aromatic heterocycles. The summed E-state index contributed by atoms with van der Waals surface area (Å²) in [4.78, 5) is 19.7. The van der Waals surface area contributed by atoms with E-state index in [1.165, 1.54) is 0 Å². The standard InChI is InChI=1S/C7H5NO4.ClH/c9-7(10)5-1-3-6(4-2-5)8(11)12;/h1-4H,(H,9,10);1H/p-1. The van der Waals surface area contributed by atoms with E-state index >= 15 is 0 Å². The fraction of sp³-hybridized carbons (Fsp3) is 0. The minimum atomic E-state index is -1.34. The Balaban J connectivity index is 0.00000144. The van der Waals surface area contributed by atoms with Crippen LogP contribution >= 0.6 is 12.4 Å². The Labute approximate surface area is 79.6 Å². The van der Waals surface area contributed by atoms with Crippen molar-refractivity contribution in [1.29, 1.82) is 0 Å². The number of rotatable bonds is 2. The van der Waals surface area contributed by atoms with E-state index in [4.69, 9.17) is 0 Å². The molecule has 0 atom stereocenters. The van der Waals surface area contributed by atoms with Crippen LogP contribution in [-0.4, -0.2) is 10.9 Å². The van der Waals surface area contributed by atoms with Crippen LogP contribution in [0.25, 0.3) is 0 Å². The van der Waals surface area contributed by atoms with Gasteiger partial charge in [-0.25, -0.2) is 0 Å². The number of nitro benzene ring substituents is 1. The smallest absolute Gasteiger partial charge is 0.269 e. The molecule has 0 N–H and O–H groups in total. The van der Waals surface area contributed by atoms with Crippen molar-refractivity contribution in [2.24, 2.45) is 0 Å². The maximum Gasteiger partial charge on any atom is 0.269 e. The zero-order valence-electron chi connectivity index (χ0n) is 6.30. The number of carboxylic acid groups (broad SMARTS) is 1. The summed E-state index contributed by atoms with van der Waals surface area (Å²) in [5.41, 5.74) is -0.208. The van der Waals surface area contributed by atoms with Gasteiger partial charge in [-0.05, 0) is 17.7 Å². The van der Waals surface area contributed by atoms with Crippen molar-refractivity contribution in [2.45, 2.75) is 0 Å². The lowest BCUT2D eigenvalue weighted by Gasteiger charge is -1.99. The van der Waals surface area contributed by atoms with E-state index < -0.39 is 10.9 Å². The zero-order valence-corrected chi connectivity index (χ0v) is 7.11. The summed E-state index contributed by atoms with van der Waals surface area (Å²) < 4.78 is 0. The van der Waals surface area contributed by atoms with Gasteiger partial charge in [-0.3, -0.25) is 10.1 Å². The fourth-order valence-electron chi connectivity index (χ4n) is 0.719. The third-order valence-corrected chi connectivity index (χ3v) is 1.31. The molecule has 0 spiro atoms. The first-order valence-electron chi connectivity index (χ1n) is 3.07. The molecule has 6 heteroatoms. The summed E-state index contributed by atoms with van der Waals surface area (Å²) in [5.74, 6) is -1.34. The van der Waals surface area contributed by atoms with E-state index in [1.807, 2.05) is 0 Å². The highest BCUT2D eigenvalue weighted by Crippen LogP contribution is 2.10. The molecule has 0 heterocycles. The normalized spacial score (nSPS) is 8.62. The average Bonchev–Trinajstić information content (AvgIpc) is 2.04. The van der Waals surface area contributed by atoms with Gasteiger partial charge in [-0.1, -0.05) is 0 Å². The summed E-state index contributed by atoms with van der Waals surface area (Å²) in [5, 5.41) is 20.3. The monoisotopic (exact) mass is 202 g/mol. The SMILES string of the molecule is Cl.O=C([O-])c1ccc([N+](=O)[O-])cc1. The second kappa shape index (κ2) is 4.42. The number of carboxylic acids is 1. The van der Waals surface area contributed by atoms with Crippen LogP contribution in [0.15, 0.2) is 24.3 Å². The van der Waals surface area contributed by atoms with Crippen molar-refractivity contribution in [3.63, 3.8) is 0 Å². The van der Waals surface area contributed by atoms with E-state index in [1.54, 1.807) is 0 Å².